The van der Waals surface area contributed by atoms with Crippen molar-refractivity contribution in [3.63, 3.8) is 0 Å². The number of benzene rings is 1. The Morgan fingerprint density at radius 3 is 2.65 bits per heavy atom. The molecule has 1 amide bonds. The minimum atomic E-state index is -0.270. The number of nitriles is 1. The number of nitrogens with zero attached hydrogens (tertiary/aromatic N) is 3. The summed E-state index contributed by atoms with van der Waals surface area (Å²) in [4.78, 5) is 17.8. The molecule has 2 rings (SSSR count). The Bertz CT molecular complexity index is 695. The van der Waals surface area contributed by atoms with Crippen LogP contribution in [0.1, 0.15) is 15.9 Å². The van der Waals surface area contributed by atoms with Crippen molar-refractivity contribution in [2.75, 3.05) is 11.9 Å². The van der Waals surface area contributed by atoms with Gasteiger partial charge in [-0.05, 0) is 46.3 Å². The molecule has 0 fully saturated rings. The van der Waals surface area contributed by atoms with E-state index >= 15 is 0 Å². The number of hydrogen-bond donors (Lipinski definition) is 0. The van der Waals surface area contributed by atoms with Crippen LogP contribution in [0.4, 0.5) is 5.69 Å². The Morgan fingerprint density at radius 2 is 2.05 bits per heavy atom. The van der Waals surface area contributed by atoms with Gasteiger partial charge in [-0.3, -0.25) is 4.79 Å². The minimum Gasteiger partial charge on any atom is -0.311 e. The number of aromatic nitrogens is 1. The van der Waals surface area contributed by atoms with Crippen LogP contribution in [0.3, 0.4) is 0 Å². The zero-order valence-corrected chi connectivity index (χ0v) is 12.8. The number of carbonyl (C=O) groups excluding carboxylic acids is 1. The summed E-state index contributed by atoms with van der Waals surface area (Å²) in [7, 11) is 1.64. The van der Waals surface area contributed by atoms with Gasteiger partial charge in [0.2, 0.25) is 0 Å². The van der Waals surface area contributed by atoms with E-state index in [0.29, 0.717) is 21.3 Å². The van der Waals surface area contributed by atoms with Crippen LogP contribution in [0.5, 0.6) is 0 Å². The molecule has 4 nitrogen and oxygen atoms in total. The third-order valence-electron chi connectivity index (χ3n) is 2.72. The van der Waals surface area contributed by atoms with Gasteiger partial charge in [0.15, 0.2) is 0 Å². The van der Waals surface area contributed by atoms with Crippen LogP contribution in [-0.2, 0) is 0 Å². The van der Waals surface area contributed by atoms with Crippen LogP contribution in [0.15, 0.2) is 41.0 Å². The fraction of sp³-hybridized carbons (Fsp3) is 0.0714. The molecule has 20 heavy (non-hydrogen) atoms. The van der Waals surface area contributed by atoms with Gasteiger partial charge >= 0.3 is 0 Å². The van der Waals surface area contributed by atoms with E-state index in [1.54, 1.807) is 37.4 Å². The molecular weight excluding hydrogens is 342 g/mol. The molecule has 0 spiro atoms. The molecule has 0 aliphatic rings. The molecule has 0 bridgehead atoms. The zero-order valence-electron chi connectivity index (χ0n) is 10.5. The smallest absolute Gasteiger partial charge is 0.261 e. The number of amides is 1. The van der Waals surface area contributed by atoms with Crippen LogP contribution in [0.25, 0.3) is 0 Å². The quantitative estimate of drug-likeness (QED) is 0.777. The van der Waals surface area contributed by atoms with Gasteiger partial charge in [0.25, 0.3) is 5.91 Å². The monoisotopic (exact) mass is 349 g/mol. The lowest BCUT2D eigenvalue weighted by molar-refractivity contribution is 0.0993. The summed E-state index contributed by atoms with van der Waals surface area (Å²) in [6.45, 7) is 0. The Kier molecular flexibility index (Phi) is 4.38. The summed E-state index contributed by atoms with van der Waals surface area (Å²) >= 11 is 9.21. The maximum Gasteiger partial charge on any atom is 0.261 e. The number of hydrogen-bond acceptors (Lipinski definition) is 3. The van der Waals surface area contributed by atoms with E-state index < -0.39 is 0 Å². The van der Waals surface area contributed by atoms with Crippen molar-refractivity contribution in [1.29, 1.82) is 5.26 Å². The standard InChI is InChI=1S/C14H9BrClN3O/c1-19(11-4-2-9(7-17)3-5-11)14(20)12-6-10(15)8-18-13(12)16/h2-6,8H,1H3. The van der Waals surface area contributed by atoms with Crippen LogP contribution in [-0.4, -0.2) is 17.9 Å². The lowest BCUT2D eigenvalue weighted by Gasteiger charge is -2.18. The fourth-order valence-electron chi connectivity index (χ4n) is 1.63. The van der Waals surface area contributed by atoms with Gasteiger partial charge in [0.1, 0.15) is 5.15 Å². The van der Waals surface area contributed by atoms with Crippen molar-refractivity contribution in [3.8, 4) is 6.07 Å². The molecule has 1 heterocycles. The van der Waals surface area contributed by atoms with E-state index in [9.17, 15) is 4.79 Å². The maximum atomic E-state index is 12.4. The van der Waals surface area contributed by atoms with Crippen molar-refractivity contribution < 1.29 is 4.79 Å². The van der Waals surface area contributed by atoms with E-state index in [1.165, 1.54) is 11.1 Å². The first-order valence-corrected chi connectivity index (χ1v) is 6.79. The van der Waals surface area contributed by atoms with E-state index in [0.717, 1.165) is 0 Å². The summed E-state index contributed by atoms with van der Waals surface area (Å²) in [6.07, 6.45) is 1.53. The molecular formula is C14H9BrClN3O. The highest BCUT2D eigenvalue weighted by molar-refractivity contribution is 9.10. The Hall–Kier alpha value is -1.90. The van der Waals surface area contributed by atoms with E-state index in [2.05, 4.69) is 20.9 Å². The van der Waals surface area contributed by atoms with Crippen LogP contribution < -0.4 is 4.90 Å². The van der Waals surface area contributed by atoms with Crippen molar-refractivity contribution in [2.24, 2.45) is 0 Å². The summed E-state index contributed by atoms with van der Waals surface area (Å²) in [6, 6.07) is 10.4. The Balaban J connectivity index is 2.32. The first-order valence-electron chi connectivity index (χ1n) is 5.62. The molecule has 0 N–H and O–H groups in total. The second kappa shape index (κ2) is 6.04. The number of halogens is 2. The average molecular weight is 351 g/mol. The van der Waals surface area contributed by atoms with Gasteiger partial charge < -0.3 is 4.90 Å². The van der Waals surface area contributed by atoms with Gasteiger partial charge in [-0.15, -0.1) is 0 Å². The summed E-state index contributed by atoms with van der Waals surface area (Å²) < 4.78 is 0.679. The van der Waals surface area contributed by atoms with Gasteiger partial charge in [-0.2, -0.15) is 5.26 Å². The molecule has 100 valence electrons. The average Bonchev–Trinajstić information content (AvgIpc) is 2.48. The van der Waals surface area contributed by atoms with Crippen molar-refractivity contribution >= 4 is 39.1 Å². The topological polar surface area (TPSA) is 57.0 Å². The molecule has 0 saturated heterocycles. The van der Waals surface area contributed by atoms with Crippen LogP contribution >= 0.6 is 27.5 Å². The van der Waals surface area contributed by atoms with Crippen molar-refractivity contribution in [1.82, 2.24) is 4.98 Å². The molecule has 0 unspecified atom stereocenters. The van der Waals surface area contributed by atoms with E-state index in [4.69, 9.17) is 16.9 Å². The number of rotatable bonds is 2. The van der Waals surface area contributed by atoms with E-state index in [-0.39, 0.29) is 11.1 Å². The number of carbonyl (C=O) groups is 1. The van der Waals surface area contributed by atoms with Gasteiger partial charge in [-0.1, -0.05) is 11.6 Å². The SMILES string of the molecule is CN(C(=O)c1cc(Br)cnc1Cl)c1ccc(C#N)cc1. The second-order valence-corrected chi connectivity index (χ2v) is 5.29. The minimum absolute atomic E-state index is 0.152. The molecule has 6 heteroatoms. The lowest BCUT2D eigenvalue weighted by atomic mass is 10.2. The number of anilines is 1. The van der Waals surface area contributed by atoms with Gasteiger partial charge in [0, 0.05) is 23.4 Å². The summed E-state index contributed by atoms with van der Waals surface area (Å²) in [5, 5.41) is 8.91. The first-order chi connectivity index (χ1) is 9.52. The molecule has 0 radical (unpaired) electrons. The molecule has 0 atom stereocenters. The van der Waals surface area contributed by atoms with Crippen molar-refractivity contribution in [3.05, 3.63) is 57.3 Å². The maximum absolute atomic E-state index is 12.4. The van der Waals surface area contributed by atoms with Crippen molar-refractivity contribution in [2.45, 2.75) is 0 Å². The molecule has 0 saturated carbocycles. The van der Waals surface area contributed by atoms with Gasteiger partial charge in [0.05, 0.1) is 17.2 Å². The third kappa shape index (κ3) is 2.98. The predicted molar refractivity (Wildman–Crippen MR) is 80.8 cm³/mol. The highest BCUT2D eigenvalue weighted by atomic mass is 79.9. The van der Waals surface area contributed by atoms with Crippen LogP contribution in [0, 0.1) is 11.3 Å². The Morgan fingerprint density at radius 1 is 1.40 bits per heavy atom. The summed E-state index contributed by atoms with van der Waals surface area (Å²) in [5.41, 5.74) is 1.52. The normalized spacial score (nSPS) is 9.90. The van der Waals surface area contributed by atoms with Gasteiger partial charge in [-0.25, -0.2) is 4.98 Å². The second-order valence-electron chi connectivity index (χ2n) is 4.01. The molecule has 0 aliphatic carbocycles. The summed E-state index contributed by atoms with van der Waals surface area (Å²) in [5.74, 6) is -0.270. The highest BCUT2D eigenvalue weighted by Crippen LogP contribution is 2.22. The fourth-order valence-corrected chi connectivity index (χ4v) is 2.15. The lowest BCUT2D eigenvalue weighted by Crippen LogP contribution is -2.26. The largest absolute Gasteiger partial charge is 0.311 e. The zero-order chi connectivity index (χ0) is 14.7. The van der Waals surface area contributed by atoms with Crippen LogP contribution in [0.2, 0.25) is 5.15 Å². The van der Waals surface area contributed by atoms with E-state index in [1.807, 2.05) is 6.07 Å². The highest BCUT2D eigenvalue weighted by Gasteiger charge is 2.17. The predicted octanol–water partition coefficient (Wildman–Crippen LogP) is 3.65. The molecule has 2 aromatic rings. The molecule has 1 aromatic carbocycles. The Labute approximate surface area is 129 Å². The molecule has 1 aromatic heterocycles. The molecule has 0 aliphatic heterocycles. The third-order valence-corrected chi connectivity index (χ3v) is 3.46. The first kappa shape index (κ1) is 14.5. The number of pyridine rings is 1.